The van der Waals surface area contributed by atoms with Gasteiger partial charge in [-0.2, -0.15) is 0 Å². The summed E-state index contributed by atoms with van der Waals surface area (Å²) >= 11 is 5.76. The fraction of sp³-hybridized carbons (Fsp3) is 0.200. The van der Waals surface area contributed by atoms with Crippen LogP contribution in [0.2, 0.25) is 5.02 Å². The van der Waals surface area contributed by atoms with Crippen LogP contribution in [0, 0.1) is 10.1 Å². The zero-order valence-electron chi connectivity index (χ0n) is 11.6. The van der Waals surface area contributed by atoms with Crippen LogP contribution in [0.25, 0.3) is 0 Å². The highest BCUT2D eigenvalue weighted by molar-refractivity contribution is 6.32. The van der Waals surface area contributed by atoms with Gasteiger partial charge >= 0.3 is 0 Å². The molecule has 0 heterocycles. The van der Waals surface area contributed by atoms with Gasteiger partial charge in [-0.25, -0.2) is 0 Å². The number of nitro groups is 1. The zero-order chi connectivity index (χ0) is 15.4. The van der Waals surface area contributed by atoms with Crippen LogP contribution >= 0.6 is 24.0 Å². The third-order valence-electron chi connectivity index (χ3n) is 3.25. The molecule has 0 aliphatic rings. The number of halogens is 2. The predicted octanol–water partition coefficient (Wildman–Crippen LogP) is 3.27. The van der Waals surface area contributed by atoms with Gasteiger partial charge in [0.2, 0.25) is 0 Å². The molecule has 118 valence electrons. The molecule has 3 N–H and O–H groups in total. The SMILES string of the molecule is Cl.N[C@@H](c1ccc(Cl)c([N+](=O)[O-])c1)[C@H](O)Cc1ccccc1. The summed E-state index contributed by atoms with van der Waals surface area (Å²) in [7, 11) is 0. The van der Waals surface area contributed by atoms with Crippen LogP contribution in [0.5, 0.6) is 0 Å². The first kappa shape index (κ1) is 18.4. The Bertz CT molecular complexity index is 638. The minimum Gasteiger partial charge on any atom is -0.391 e. The van der Waals surface area contributed by atoms with E-state index in [0.29, 0.717) is 12.0 Å². The third-order valence-corrected chi connectivity index (χ3v) is 3.57. The monoisotopic (exact) mass is 342 g/mol. The topological polar surface area (TPSA) is 89.4 Å². The lowest BCUT2D eigenvalue weighted by Gasteiger charge is -2.19. The van der Waals surface area contributed by atoms with Crippen molar-refractivity contribution in [3.63, 3.8) is 0 Å². The largest absolute Gasteiger partial charge is 0.391 e. The number of nitrogens with zero attached hydrogens (tertiary/aromatic N) is 1. The Labute approximate surface area is 139 Å². The number of benzene rings is 2. The van der Waals surface area contributed by atoms with E-state index in [1.54, 1.807) is 6.07 Å². The first-order valence-electron chi connectivity index (χ1n) is 6.40. The Morgan fingerprint density at radius 3 is 2.45 bits per heavy atom. The van der Waals surface area contributed by atoms with Gasteiger partial charge in [0.1, 0.15) is 5.02 Å². The summed E-state index contributed by atoms with van der Waals surface area (Å²) in [5.74, 6) is 0. The maximum Gasteiger partial charge on any atom is 0.288 e. The minimum atomic E-state index is -0.840. The van der Waals surface area contributed by atoms with Crippen molar-refractivity contribution >= 4 is 29.7 Å². The summed E-state index contributed by atoms with van der Waals surface area (Å²) in [5.41, 5.74) is 7.21. The minimum absolute atomic E-state index is 0. The Kier molecular flexibility index (Phi) is 6.77. The van der Waals surface area contributed by atoms with E-state index >= 15 is 0 Å². The molecule has 0 saturated heterocycles. The molecule has 2 rings (SSSR count). The summed E-state index contributed by atoms with van der Waals surface area (Å²) in [4.78, 5) is 10.3. The molecule has 0 aliphatic carbocycles. The molecule has 0 radical (unpaired) electrons. The molecule has 0 bridgehead atoms. The van der Waals surface area contributed by atoms with E-state index in [1.165, 1.54) is 12.1 Å². The van der Waals surface area contributed by atoms with Gasteiger partial charge in [0.25, 0.3) is 5.69 Å². The highest BCUT2D eigenvalue weighted by Crippen LogP contribution is 2.28. The number of aliphatic hydroxyl groups excluding tert-OH is 1. The lowest BCUT2D eigenvalue weighted by atomic mass is 9.96. The van der Waals surface area contributed by atoms with Crippen molar-refractivity contribution in [2.45, 2.75) is 18.6 Å². The van der Waals surface area contributed by atoms with Crippen LogP contribution in [0.1, 0.15) is 17.2 Å². The Hall–Kier alpha value is -1.66. The Balaban J connectivity index is 0.00000242. The highest BCUT2D eigenvalue weighted by Gasteiger charge is 2.21. The summed E-state index contributed by atoms with van der Waals surface area (Å²) < 4.78 is 0. The van der Waals surface area contributed by atoms with Crippen molar-refractivity contribution in [1.82, 2.24) is 0 Å². The number of nitrogens with two attached hydrogens (primary N) is 1. The van der Waals surface area contributed by atoms with E-state index in [0.717, 1.165) is 5.56 Å². The van der Waals surface area contributed by atoms with Crippen molar-refractivity contribution < 1.29 is 10.0 Å². The van der Waals surface area contributed by atoms with Crippen LogP contribution in [0.4, 0.5) is 5.69 Å². The van der Waals surface area contributed by atoms with Gasteiger partial charge in [0.15, 0.2) is 0 Å². The molecule has 5 nitrogen and oxygen atoms in total. The van der Waals surface area contributed by atoms with Crippen molar-refractivity contribution in [3.8, 4) is 0 Å². The molecule has 7 heteroatoms. The van der Waals surface area contributed by atoms with Gasteiger partial charge < -0.3 is 10.8 Å². The number of aliphatic hydroxyl groups is 1. The summed E-state index contributed by atoms with van der Waals surface area (Å²) in [6, 6.07) is 13.0. The van der Waals surface area contributed by atoms with Crippen molar-refractivity contribution in [2.24, 2.45) is 5.73 Å². The molecule has 0 aliphatic heterocycles. The van der Waals surface area contributed by atoms with Crippen molar-refractivity contribution in [3.05, 3.63) is 74.8 Å². The van der Waals surface area contributed by atoms with Crippen LogP contribution in [-0.2, 0) is 6.42 Å². The van der Waals surface area contributed by atoms with Crippen LogP contribution in [0.3, 0.4) is 0 Å². The van der Waals surface area contributed by atoms with Gasteiger partial charge in [0, 0.05) is 12.5 Å². The van der Waals surface area contributed by atoms with Gasteiger partial charge in [-0.1, -0.05) is 48.0 Å². The highest BCUT2D eigenvalue weighted by atomic mass is 35.5. The van der Waals surface area contributed by atoms with Gasteiger partial charge in [0.05, 0.1) is 17.1 Å². The molecule has 0 spiro atoms. The zero-order valence-corrected chi connectivity index (χ0v) is 13.1. The average Bonchev–Trinajstić information content (AvgIpc) is 2.47. The first-order chi connectivity index (χ1) is 9.99. The standard InChI is InChI=1S/C15H15ClN2O3.ClH/c16-12-7-6-11(9-13(12)18(20)21)15(17)14(19)8-10-4-2-1-3-5-10;/h1-7,9,14-15,19H,8,17H2;1H/t14-,15+;/m1./s1. The first-order valence-corrected chi connectivity index (χ1v) is 6.78. The second kappa shape index (κ2) is 8.10. The maximum atomic E-state index is 10.9. The van der Waals surface area contributed by atoms with E-state index in [1.807, 2.05) is 30.3 Å². The molecule has 22 heavy (non-hydrogen) atoms. The molecular weight excluding hydrogens is 327 g/mol. The molecule has 0 aromatic heterocycles. The smallest absolute Gasteiger partial charge is 0.288 e. The number of rotatable bonds is 5. The lowest BCUT2D eigenvalue weighted by molar-refractivity contribution is -0.384. The van der Waals surface area contributed by atoms with Gasteiger partial charge in [-0.05, 0) is 17.2 Å². The number of hydrogen-bond donors (Lipinski definition) is 2. The normalized spacial score (nSPS) is 13.0. The van der Waals surface area contributed by atoms with E-state index in [2.05, 4.69) is 0 Å². The number of nitro benzene ring substituents is 1. The fourth-order valence-corrected chi connectivity index (χ4v) is 2.27. The Morgan fingerprint density at radius 1 is 1.23 bits per heavy atom. The van der Waals surface area contributed by atoms with E-state index in [-0.39, 0.29) is 23.1 Å². The second-order valence-corrected chi connectivity index (χ2v) is 5.16. The summed E-state index contributed by atoms with van der Waals surface area (Å²) in [6.07, 6.45) is -0.466. The van der Waals surface area contributed by atoms with Gasteiger partial charge in [-0.15, -0.1) is 12.4 Å². The quantitative estimate of drug-likeness (QED) is 0.644. The average molecular weight is 343 g/mol. The van der Waals surface area contributed by atoms with Crippen molar-refractivity contribution in [2.75, 3.05) is 0 Å². The number of hydrogen-bond acceptors (Lipinski definition) is 4. The summed E-state index contributed by atoms with van der Waals surface area (Å²) in [6.45, 7) is 0. The van der Waals surface area contributed by atoms with E-state index in [4.69, 9.17) is 17.3 Å². The van der Waals surface area contributed by atoms with Crippen LogP contribution < -0.4 is 5.73 Å². The second-order valence-electron chi connectivity index (χ2n) is 4.75. The lowest BCUT2D eigenvalue weighted by Crippen LogP contribution is -2.28. The van der Waals surface area contributed by atoms with Gasteiger partial charge in [-0.3, -0.25) is 10.1 Å². The van der Waals surface area contributed by atoms with Crippen LogP contribution in [-0.4, -0.2) is 16.1 Å². The molecule has 0 amide bonds. The predicted molar refractivity (Wildman–Crippen MR) is 88.4 cm³/mol. The van der Waals surface area contributed by atoms with Crippen molar-refractivity contribution in [1.29, 1.82) is 0 Å². The molecule has 2 aromatic carbocycles. The Morgan fingerprint density at radius 2 is 1.86 bits per heavy atom. The molecule has 0 fully saturated rings. The third kappa shape index (κ3) is 4.42. The molecule has 0 saturated carbocycles. The molecular formula is C15H16Cl2N2O3. The van der Waals surface area contributed by atoms with Crippen LogP contribution in [0.15, 0.2) is 48.5 Å². The molecule has 2 atom stereocenters. The van der Waals surface area contributed by atoms with E-state index < -0.39 is 17.1 Å². The molecule has 2 aromatic rings. The fourth-order valence-electron chi connectivity index (χ4n) is 2.08. The molecule has 0 unspecified atom stereocenters. The summed E-state index contributed by atoms with van der Waals surface area (Å²) in [5, 5.41) is 21.1. The van der Waals surface area contributed by atoms with E-state index in [9.17, 15) is 15.2 Å². The maximum absolute atomic E-state index is 10.9.